The Balaban J connectivity index is 1.34. The van der Waals surface area contributed by atoms with Crippen molar-refractivity contribution in [3.8, 4) is 17.3 Å². The molecule has 6 rings (SSSR count). The molecule has 2 fully saturated rings. The first-order chi connectivity index (χ1) is 15.7. The third kappa shape index (κ3) is 3.38. The van der Waals surface area contributed by atoms with Crippen molar-refractivity contribution >= 4 is 37.7 Å². The van der Waals surface area contributed by atoms with E-state index < -0.39 is 0 Å². The van der Waals surface area contributed by atoms with Gasteiger partial charge in [-0.05, 0) is 63.8 Å². The molecule has 3 aromatic heterocycles. The molecule has 2 aliphatic rings. The lowest BCUT2D eigenvalue weighted by Crippen LogP contribution is -2.58. The van der Waals surface area contributed by atoms with Crippen LogP contribution in [0.3, 0.4) is 0 Å². The molecule has 0 saturated carbocycles. The molecule has 7 nitrogen and oxygen atoms in total. The van der Waals surface area contributed by atoms with Crippen LogP contribution in [-0.2, 0) is 7.05 Å². The number of hydrogen-bond acceptors (Lipinski definition) is 7. The van der Waals surface area contributed by atoms with Crippen LogP contribution in [0.4, 0.5) is 5.13 Å². The second-order valence-electron chi connectivity index (χ2n) is 10.3. The number of pyridine rings is 1. The van der Waals surface area contributed by atoms with Crippen LogP contribution in [0.25, 0.3) is 32.5 Å². The molecule has 2 aliphatic heterocycles. The fraction of sp³-hybridized carbons (Fsp3) is 0.440. The van der Waals surface area contributed by atoms with Gasteiger partial charge in [0.05, 0.1) is 11.3 Å². The summed E-state index contributed by atoms with van der Waals surface area (Å²) in [5, 5.41) is 19.9. The number of piperidine rings is 1. The highest BCUT2D eigenvalue weighted by molar-refractivity contribution is 7.21. The molecule has 33 heavy (non-hydrogen) atoms. The van der Waals surface area contributed by atoms with E-state index >= 15 is 0 Å². The zero-order valence-electron chi connectivity index (χ0n) is 19.4. The average molecular weight is 458 g/mol. The lowest BCUT2D eigenvalue weighted by Gasteiger charge is -2.45. The minimum atomic E-state index is 0.220. The van der Waals surface area contributed by atoms with Gasteiger partial charge in [0.25, 0.3) is 0 Å². The second-order valence-corrected chi connectivity index (χ2v) is 11.3. The Hall–Kier alpha value is -3.02. The zero-order chi connectivity index (χ0) is 23.0. The summed E-state index contributed by atoms with van der Waals surface area (Å²) in [5.74, 6) is 0. The summed E-state index contributed by atoms with van der Waals surface area (Å²) < 4.78 is 1.74. The van der Waals surface area contributed by atoms with E-state index in [1.807, 2.05) is 31.4 Å². The van der Waals surface area contributed by atoms with E-state index in [9.17, 15) is 5.26 Å². The lowest BCUT2D eigenvalue weighted by atomic mass is 9.84. The van der Waals surface area contributed by atoms with Gasteiger partial charge in [-0.15, -0.1) is 0 Å². The van der Waals surface area contributed by atoms with Crippen LogP contribution in [0, 0.1) is 11.3 Å². The zero-order valence-corrected chi connectivity index (χ0v) is 20.2. The van der Waals surface area contributed by atoms with Gasteiger partial charge in [-0.3, -0.25) is 4.68 Å². The normalized spacial score (nSPS) is 26.7. The number of benzene rings is 1. The topological polar surface area (TPSA) is 82.7 Å². The van der Waals surface area contributed by atoms with E-state index in [-0.39, 0.29) is 11.1 Å². The number of nitrogens with zero attached hydrogens (tertiary/aromatic N) is 6. The number of aryl methyl sites for hydroxylation is 1. The number of aromatic nitrogens is 4. The van der Waals surface area contributed by atoms with Gasteiger partial charge in [-0.1, -0.05) is 11.3 Å². The minimum absolute atomic E-state index is 0.220. The highest BCUT2D eigenvalue weighted by Gasteiger charge is 2.49. The fourth-order valence-corrected chi connectivity index (χ4v) is 6.83. The molecule has 2 unspecified atom stereocenters. The molecule has 5 heterocycles. The van der Waals surface area contributed by atoms with Gasteiger partial charge in [-0.2, -0.15) is 10.4 Å². The molecule has 1 aromatic carbocycles. The standard InChI is InChI=1S/C25H27N7S/c1-24-7-8-25(2,30-24)12-18(11-24)32(4)23-28-20-6-5-19(27-22(20)33-23)15-9-16(13-26)21-17(10-15)14-31(3)29-21/h5-6,9-10,14,18,30H,7-8,11-12H2,1-4H3. The maximum absolute atomic E-state index is 9.62. The Labute approximate surface area is 197 Å². The van der Waals surface area contributed by atoms with Crippen LogP contribution in [0.1, 0.15) is 45.1 Å². The monoisotopic (exact) mass is 457 g/mol. The molecule has 2 bridgehead atoms. The number of fused-ring (bicyclic) bond motifs is 4. The van der Waals surface area contributed by atoms with Crippen molar-refractivity contribution in [3.05, 3.63) is 36.0 Å². The average Bonchev–Trinajstić information content (AvgIpc) is 3.43. The summed E-state index contributed by atoms with van der Waals surface area (Å²) in [4.78, 5) is 13.1. The predicted octanol–water partition coefficient (Wildman–Crippen LogP) is 4.62. The van der Waals surface area contributed by atoms with Crippen LogP contribution in [0.2, 0.25) is 0 Å². The summed E-state index contributed by atoms with van der Waals surface area (Å²) in [5.41, 5.74) is 4.43. The Morgan fingerprint density at radius 2 is 1.94 bits per heavy atom. The van der Waals surface area contributed by atoms with Crippen molar-refractivity contribution in [3.63, 3.8) is 0 Å². The summed E-state index contributed by atoms with van der Waals surface area (Å²) >= 11 is 1.65. The van der Waals surface area contributed by atoms with Crippen molar-refractivity contribution in [2.75, 3.05) is 11.9 Å². The number of anilines is 1. The highest BCUT2D eigenvalue weighted by Crippen LogP contribution is 2.44. The molecule has 1 N–H and O–H groups in total. The number of nitriles is 1. The Morgan fingerprint density at radius 3 is 2.67 bits per heavy atom. The van der Waals surface area contributed by atoms with Crippen molar-refractivity contribution < 1.29 is 0 Å². The lowest BCUT2D eigenvalue weighted by molar-refractivity contribution is 0.208. The van der Waals surface area contributed by atoms with Crippen LogP contribution >= 0.6 is 11.3 Å². The Morgan fingerprint density at radius 1 is 1.18 bits per heavy atom. The van der Waals surface area contributed by atoms with E-state index in [2.05, 4.69) is 48.3 Å². The first-order valence-corrected chi connectivity index (χ1v) is 12.2. The van der Waals surface area contributed by atoms with E-state index in [1.165, 1.54) is 12.8 Å². The maximum atomic E-state index is 9.62. The molecule has 0 aliphatic carbocycles. The van der Waals surface area contributed by atoms with E-state index in [1.54, 1.807) is 16.0 Å². The molecule has 0 radical (unpaired) electrons. The van der Waals surface area contributed by atoms with Crippen LogP contribution in [0.15, 0.2) is 30.5 Å². The number of rotatable bonds is 3. The molecular weight excluding hydrogens is 430 g/mol. The molecular formula is C25H27N7S. The molecule has 0 amide bonds. The van der Waals surface area contributed by atoms with Crippen LogP contribution in [-0.4, -0.2) is 43.9 Å². The molecule has 2 saturated heterocycles. The van der Waals surface area contributed by atoms with E-state index in [0.717, 1.165) is 50.5 Å². The van der Waals surface area contributed by atoms with Crippen molar-refractivity contribution in [1.29, 1.82) is 5.26 Å². The Kier molecular flexibility index (Phi) is 4.36. The van der Waals surface area contributed by atoms with E-state index in [0.29, 0.717) is 11.6 Å². The summed E-state index contributed by atoms with van der Waals surface area (Å²) in [6, 6.07) is 10.7. The second kappa shape index (κ2) is 6.99. The summed E-state index contributed by atoms with van der Waals surface area (Å²) in [6.45, 7) is 4.72. The number of hydrogen-bond donors (Lipinski definition) is 1. The summed E-state index contributed by atoms with van der Waals surface area (Å²) in [6.07, 6.45) is 6.69. The van der Waals surface area contributed by atoms with Gasteiger partial charge in [-0.25, -0.2) is 9.97 Å². The van der Waals surface area contributed by atoms with Crippen LogP contribution in [0.5, 0.6) is 0 Å². The third-order valence-electron chi connectivity index (χ3n) is 7.44. The Bertz CT molecular complexity index is 1430. The van der Waals surface area contributed by atoms with Gasteiger partial charge in [0.2, 0.25) is 0 Å². The van der Waals surface area contributed by atoms with Crippen LogP contribution < -0.4 is 10.2 Å². The van der Waals surface area contributed by atoms with Gasteiger partial charge >= 0.3 is 0 Å². The molecule has 2 atom stereocenters. The number of nitrogens with one attached hydrogen (secondary N) is 1. The van der Waals surface area contributed by atoms with Gasteiger partial charge in [0.1, 0.15) is 21.9 Å². The van der Waals surface area contributed by atoms with Gasteiger partial charge in [0, 0.05) is 48.4 Å². The van der Waals surface area contributed by atoms with Crippen molar-refractivity contribution in [2.45, 2.75) is 56.7 Å². The quantitative estimate of drug-likeness (QED) is 0.484. The van der Waals surface area contributed by atoms with Crippen molar-refractivity contribution in [1.82, 2.24) is 25.1 Å². The van der Waals surface area contributed by atoms with Crippen molar-refractivity contribution in [2.24, 2.45) is 7.05 Å². The van der Waals surface area contributed by atoms with Gasteiger partial charge < -0.3 is 10.2 Å². The smallest absolute Gasteiger partial charge is 0.187 e. The minimum Gasteiger partial charge on any atom is -0.348 e. The number of thiazole rings is 1. The molecule has 4 aromatic rings. The first kappa shape index (κ1) is 20.6. The maximum Gasteiger partial charge on any atom is 0.187 e. The molecule has 0 spiro atoms. The van der Waals surface area contributed by atoms with E-state index in [4.69, 9.17) is 9.97 Å². The molecule has 8 heteroatoms. The predicted molar refractivity (Wildman–Crippen MR) is 132 cm³/mol. The SMILES string of the molecule is CN(c1nc2ccc(-c3cc(C#N)c4nn(C)cc4c3)nc2s1)C1CC2(C)CCC(C)(C1)N2. The summed E-state index contributed by atoms with van der Waals surface area (Å²) in [7, 11) is 4.05. The first-order valence-electron chi connectivity index (χ1n) is 11.4. The highest BCUT2D eigenvalue weighted by atomic mass is 32.1. The third-order valence-corrected chi connectivity index (χ3v) is 8.49. The molecule has 168 valence electrons. The van der Waals surface area contributed by atoms with Gasteiger partial charge in [0.15, 0.2) is 5.13 Å². The largest absolute Gasteiger partial charge is 0.348 e. The fourth-order valence-electron chi connectivity index (χ4n) is 5.86.